The summed E-state index contributed by atoms with van der Waals surface area (Å²) in [7, 11) is 0. The second-order valence-corrected chi connectivity index (χ2v) is 4.59. The molecule has 1 aliphatic heterocycles. The van der Waals surface area contributed by atoms with Crippen molar-refractivity contribution in [3.05, 3.63) is 40.9 Å². The van der Waals surface area contributed by atoms with Crippen molar-refractivity contribution in [3.8, 4) is 11.8 Å². The topological polar surface area (TPSA) is 38.3 Å². The maximum absolute atomic E-state index is 13.5. The van der Waals surface area contributed by atoms with E-state index in [-0.39, 0.29) is 16.3 Å². The van der Waals surface area contributed by atoms with Gasteiger partial charge in [0.05, 0.1) is 5.69 Å². The van der Waals surface area contributed by atoms with E-state index in [0.717, 1.165) is 6.07 Å². The van der Waals surface area contributed by atoms with Crippen molar-refractivity contribution >= 4 is 23.4 Å². The fourth-order valence-electron chi connectivity index (χ4n) is 1.85. The second-order valence-electron chi connectivity index (χ2n) is 4.15. The van der Waals surface area contributed by atoms with Crippen LogP contribution in [0.5, 0.6) is 0 Å². The molecule has 1 N–H and O–H groups in total. The number of rotatable bonds is 0. The third-order valence-electron chi connectivity index (χ3n) is 2.74. The largest absolute Gasteiger partial charge is 0.445 e. The minimum atomic E-state index is -4.92. The Bertz CT molecular complexity index is 673. The number of amides is 1. The van der Waals surface area contributed by atoms with E-state index in [1.807, 2.05) is 5.92 Å². The van der Waals surface area contributed by atoms with Crippen molar-refractivity contribution in [1.29, 1.82) is 0 Å². The number of alkyl halides is 3. The SMILES string of the molecule is C/C=C\C#C[C@]1(C(F)(F)F)OC(=O)Nc2ccc(Cl)cc21. The molecule has 1 atom stereocenters. The molecule has 0 unspecified atom stereocenters. The van der Waals surface area contributed by atoms with Crippen molar-refractivity contribution in [3.63, 3.8) is 0 Å². The number of carbonyl (C=O) groups excluding carboxylic acids is 1. The minimum Gasteiger partial charge on any atom is -0.415 e. The third-order valence-corrected chi connectivity index (χ3v) is 2.98. The van der Waals surface area contributed by atoms with Crippen molar-refractivity contribution in [2.45, 2.75) is 18.7 Å². The van der Waals surface area contributed by atoms with E-state index in [1.165, 1.54) is 24.3 Å². The van der Waals surface area contributed by atoms with E-state index >= 15 is 0 Å². The number of hydrogen-bond donors (Lipinski definition) is 1. The molecule has 2 rings (SSSR count). The summed E-state index contributed by atoms with van der Waals surface area (Å²) in [5.41, 5.74) is -3.43. The molecule has 21 heavy (non-hydrogen) atoms. The minimum absolute atomic E-state index is 0.0391. The zero-order chi connectivity index (χ0) is 15.7. The molecule has 1 aromatic carbocycles. The Morgan fingerprint density at radius 2 is 2.14 bits per heavy atom. The van der Waals surface area contributed by atoms with Crippen molar-refractivity contribution in [2.75, 3.05) is 5.32 Å². The Hall–Kier alpha value is -2.13. The predicted octanol–water partition coefficient (Wildman–Crippen LogP) is 4.24. The number of hydrogen-bond acceptors (Lipinski definition) is 2. The Morgan fingerprint density at radius 1 is 1.43 bits per heavy atom. The van der Waals surface area contributed by atoms with Gasteiger partial charge in [0, 0.05) is 10.6 Å². The summed E-state index contributed by atoms with van der Waals surface area (Å²) in [6.45, 7) is 1.61. The van der Waals surface area contributed by atoms with E-state index in [2.05, 4.69) is 16.0 Å². The molecule has 3 nitrogen and oxygen atoms in total. The summed E-state index contributed by atoms with van der Waals surface area (Å²) >= 11 is 5.75. The van der Waals surface area contributed by atoms with Crippen LogP contribution in [-0.2, 0) is 10.3 Å². The van der Waals surface area contributed by atoms with Gasteiger partial charge in [0.15, 0.2) is 0 Å². The lowest BCUT2D eigenvalue weighted by Crippen LogP contribution is -2.49. The number of anilines is 1. The van der Waals surface area contributed by atoms with Gasteiger partial charge in [0.25, 0.3) is 5.60 Å². The van der Waals surface area contributed by atoms with Gasteiger partial charge in [-0.15, -0.1) is 0 Å². The first-order valence-corrected chi connectivity index (χ1v) is 6.18. The Kier molecular flexibility index (Phi) is 3.88. The summed E-state index contributed by atoms with van der Waals surface area (Å²) < 4.78 is 45.1. The van der Waals surface area contributed by atoms with Crippen LogP contribution in [0.25, 0.3) is 0 Å². The Balaban J connectivity index is 2.74. The standard InChI is InChI=1S/C14H9ClF3NO2/c1-2-3-4-7-13(14(16,17)18)10-8-9(15)5-6-11(10)19-12(20)21-13/h2-3,5-6,8H,1H3,(H,19,20)/b3-2-/t13-/m0/s1. The van der Waals surface area contributed by atoms with Crippen LogP contribution in [0.3, 0.4) is 0 Å². The molecule has 110 valence electrons. The molecule has 1 amide bonds. The molecule has 0 bridgehead atoms. The lowest BCUT2D eigenvalue weighted by molar-refractivity contribution is -0.239. The van der Waals surface area contributed by atoms with Gasteiger partial charge in [-0.3, -0.25) is 5.32 Å². The van der Waals surface area contributed by atoms with Gasteiger partial charge in [-0.25, -0.2) is 4.79 Å². The highest BCUT2D eigenvalue weighted by atomic mass is 35.5. The second kappa shape index (κ2) is 5.34. The van der Waals surface area contributed by atoms with Gasteiger partial charge >= 0.3 is 12.3 Å². The summed E-state index contributed by atoms with van der Waals surface area (Å²) in [6, 6.07) is 3.72. The molecule has 0 aliphatic carbocycles. The van der Waals surface area contributed by atoms with Crippen molar-refractivity contribution < 1.29 is 22.7 Å². The highest BCUT2D eigenvalue weighted by molar-refractivity contribution is 6.30. The van der Waals surface area contributed by atoms with Crippen molar-refractivity contribution in [2.24, 2.45) is 0 Å². The van der Waals surface area contributed by atoms with Crippen LogP contribution in [0.15, 0.2) is 30.4 Å². The maximum Gasteiger partial charge on any atom is 0.445 e. The first-order valence-electron chi connectivity index (χ1n) is 5.81. The van der Waals surface area contributed by atoms with Gasteiger partial charge in [0.1, 0.15) is 0 Å². The maximum atomic E-state index is 13.5. The Labute approximate surface area is 123 Å². The predicted molar refractivity (Wildman–Crippen MR) is 71.9 cm³/mol. The number of benzene rings is 1. The fraction of sp³-hybridized carbons (Fsp3) is 0.214. The van der Waals surface area contributed by atoms with Crippen LogP contribution in [-0.4, -0.2) is 12.3 Å². The molecular formula is C14H9ClF3NO2. The average Bonchev–Trinajstić information content (AvgIpc) is 2.38. The first-order chi connectivity index (χ1) is 9.80. The number of ether oxygens (including phenoxy) is 1. The van der Waals surface area contributed by atoms with E-state index < -0.39 is 17.9 Å². The lowest BCUT2D eigenvalue weighted by atomic mass is 9.90. The summed E-state index contributed by atoms with van der Waals surface area (Å²) in [5.74, 6) is 4.22. The molecule has 0 aromatic heterocycles. The number of halogens is 4. The highest BCUT2D eigenvalue weighted by Gasteiger charge is 2.61. The Morgan fingerprint density at radius 3 is 2.76 bits per heavy atom. The van der Waals surface area contributed by atoms with Crippen LogP contribution in [0.4, 0.5) is 23.7 Å². The van der Waals surface area contributed by atoms with Crippen molar-refractivity contribution in [1.82, 2.24) is 0 Å². The highest BCUT2D eigenvalue weighted by Crippen LogP contribution is 2.47. The average molecular weight is 316 g/mol. The number of carbonyl (C=O) groups is 1. The van der Waals surface area contributed by atoms with Gasteiger partial charge in [-0.2, -0.15) is 13.2 Å². The zero-order valence-electron chi connectivity index (χ0n) is 10.7. The number of fused-ring (bicyclic) bond motifs is 1. The molecule has 1 aliphatic rings. The molecule has 0 saturated heterocycles. The normalized spacial score (nSPS) is 21.1. The smallest absolute Gasteiger partial charge is 0.415 e. The molecule has 0 fully saturated rings. The molecule has 7 heteroatoms. The van der Waals surface area contributed by atoms with E-state index in [4.69, 9.17) is 11.6 Å². The fourth-order valence-corrected chi connectivity index (χ4v) is 2.02. The molecule has 0 spiro atoms. The molecule has 1 aromatic rings. The van der Waals surface area contributed by atoms with Gasteiger partial charge in [-0.05, 0) is 37.1 Å². The first kappa shape index (κ1) is 15.3. The lowest BCUT2D eigenvalue weighted by Gasteiger charge is -2.35. The number of nitrogens with one attached hydrogen (secondary N) is 1. The van der Waals surface area contributed by atoms with Crippen LogP contribution in [0.2, 0.25) is 5.02 Å². The zero-order valence-corrected chi connectivity index (χ0v) is 11.5. The van der Waals surface area contributed by atoms with Crippen LogP contribution in [0.1, 0.15) is 12.5 Å². The van der Waals surface area contributed by atoms with Crippen LogP contribution < -0.4 is 5.32 Å². The van der Waals surface area contributed by atoms with E-state index in [1.54, 1.807) is 6.92 Å². The summed E-state index contributed by atoms with van der Waals surface area (Å²) in [5, 5.41) is 2.28. The molecule has 0 saturated carbocycles. The number of allylic oxidation sites excluding steroid dienone is 2. The molecule has 1 heterocycles. The molecule has 0 radical (unpaired) electrons. The van der Waals surface area contributed by atoms with Gasteiger partial charge in [-0.1, -0.05) is 23.6 Å². The van der Waals surface area contributed by atoms with Gasteiger partial charge in [0.2, 0.25) is 0 Å². The monoisotopic (exact) mass is 315 g/mol. The summed E-state index contributed by atoms with van der Waals surface area (Å²) in [6.07, 6.45) is -3.44. The molecular weight excluding hydrogens is 307 g/mol. The van der Waals surface area contributed by atoms with E-state index in [0.29, 0.717) is 0 Å². The number of cyclic esters (lactones) is 1. The van der Waals surface area contributed by atoms with E-state index in [9.17, 15) is 18.0 Å². The summed E-state index contributed by atoms with van der Waals surface area (Å²) in [4.78, 5) is 11.5. The van der Waals surface area contributed by atoms with Crippen LogP contribution in [0, 0.1) is 11.8 Å². The quantitative estimate of drug-likeness (QED) is 0.727. The third kappa shape index (κ3) is 2.69. The van der Waals surface area contributed by atoms with Crippen LogP contribution >= 0.6 is 11.6 Å². The van der Waals surface area contributed by atoms with Gasteiger partial charge < -0.3 is 4.74 Å².